The molecule has 0 aliphatic rings. The molecule has 3 rings (SSSR count). The van der Waals surface area contributed by atoms with E-state index in [1.165, 1.54) is 10.0 Å². The molecule has 0 aliphatic carbocycles. The van der Waals surface area contributed by atoms with Crippen LogP contribution in [0.2, 0.25) is 10.0 Å². The molecule has 114 valence electrons. The molecule has 0 amide bonds. The van der Waals surface area contributed by atoms with Gasteiger partial charge in [0.1, 0.15) is 0 Å². The summed E-state index contributed by atoms with van der Waals surface area (Å²) < 4.78 is 1.35. The van der Waals surface area contributed by atoms with E-state index >= 15 is 0 Å². The van der Waals surface area contributed by atoms with Crippen LogP contribution in [0.4, 0.5) is 0 Å². The molecule has 0 N–H and O–H groups in total. The molecule has 0 aliphatic heterocycles. The summed E-state index contributed by atoms with van der Waals surface area (Å²) >= 11 is 12.3. The molecule has 0 saturated heterocycles. The van der Waals surface area contributed by atoms with E-state index in [0.29, 0.717) is 0 Å². The zero-order chi connectivity index (χ0) is 16.1. The number of hydrogen-bond donors (Lipinski definition) is 0. The number of rotatable bonds is 4. The van der Waals surface area contributed by atoms with E-state index in [1.54, 1.807) is 0 Å². The van der Waals surface area contributed by atoms with Crippen molar-refractivity contribution in [1.82, 2.24) is 0 Å². The third-order valence-electron chi connectivity index (χ3n) is 3.37. The van der Waals surface area contributed by atoms with Gasteiger partial charge < -0.3 is 0 Å². The van der Waals surface area contributed by atoms with Gasteiger partial charge >= 0.3 is 153 Å². The van der Waals surface area contributed by atoms with Crippen LogP contribution in [0, 0.1) is 0 Å². The predicted octanol–water partition coefficient (Wildman–Crippen LogP) is 5.41. The van der Waals surface area contributed by atoms with Crippen LogP contribution >= 0.6 is 23.2 Å². The summed E-state index contributed by atoms with van der Waals surface area (Å²) in [4.78, 5) is 2.31. The van der Waals surface area contributed by atoms with Gasteiger partial charge in [0.15, 0.2) is 0 Å². The fraction of sp³-hybridized carbons (Fsp3) is 0. The minimum absolute atomic E-state index is 0.260. The standard InChI is InChI=1S/C20H14Cl2Se/c21-17-10-6-15(7-11-17)20(16-8-12-18(22)13-9-16)14-23-19-4-2-1-3-5-19/h1-14H. The van der Waals surface area contributed by atoms with E-state index in [9.17, 15) is 0 Å². The van der Waals surface area contributed by atoms with E-state index in [4.69, 9.17) is 23.2 Å². The third-order valence-corrected chi connectivity index (χ3v) is 5.75. The molecule has 0 radical (unpaired) electrons. The maximum atomic E-state index is 6.02. The molecular weight excluding hydrogens is 390 g/mol. The summed E-state index contributed by atoms with van der Waals surface area (Å²) in [6.07, 6.45) is 0. The Morgan fingerprint density at radius 1 is 0.652 bits per heavy atom. The first-order valence-corrected chi connectivity index (χ1v) is 9.76. The Morgan fingerprint density at radius 3 is 1.61 bits per heavy atom. The van der Waals surface area contributed by atoms with Crippen molar-refractivity contribution in [1.29, 1.82) is 0 Å². The van der Waals surface area contributed by atoms with Crippen molar-refractivity contribution in [2.24, 2.45) is 0 Å². The average molecular weight is 404 g/mol. The molecule has 0 saturated carbocycles. The molecule has 0 bridgehead atoms. The fourth-order valence-corrected chi connectivity index (χ4v) is 4.20. The second-order valence-electron chi connectivity index (χ2n) is 4.98. The molecule has 0 unspecified atom stereocenters. The Labute approximate surface area is 152 Å². The van der Waals surface area contributed by atoms with Crippen molar-refractivity contribution in [3.63, 3.8) is 0 Å². The van der Waals surface area contributed by atoms with Gasteiger partial charge in [-0.05, 0) is 0 Å². The minimum atomic E-state index is 0.260. The molecule has 3 heteroatoms. The molecular formula is C20H14Cl2Se. The van der Waals surface area contributed by atoms with Gasteiger partial charge in [0.2, 0.25) is 0 Å². The Kier molecular flexibility index (Phi) is 5.59. The van der Waals surface area contributed by atoms with Gasteiger partial charge in [-0.1, -0.05) is 0 Å². The molecule has 0 heterocycles. The fourth-order valence-electron chi connectivity index (χ4n) is 2.19. The van der Waals surface area contributed by atoms with Gasteiger partial charge in [0.05, 0.1) is 0 Å². The van der Waals surface area contributed by atoms with Crippen LogP contribution < -0.4 is 4.46 Å². The zero-order valence-electron chi connectivity index (χ0n) is 12.2. The van der Waals surface area contributed by atoms with Crippen molar-refractivity contribution in [3.8, 4) is 0 Å². The SMILES string of the molecule is Clc1ccc(C(=C[Se]c2ccccc2)c2ccc(Cl)cc2)cc1. The summed E-state index contributed by atoms with van der Waals surface area (Å²) in [5, 5.41) is 1.50. The van der Waals surface area contributed by atoms with Crippen molar-refractivity contribution in [2.75, 3.05) is 0 Å². The van der Waals surface area contributed by atoms with Crippen LogP contribution in [0.1, 0.15) is 11.1 Å². The van der Waals surface area contributed by atoms with Crippen LogP contribution in [0.5, 0.6) is 0 Å². The monoisotopic (exact) mass is 404 g/mol. The number of benzene rings is 3. The molecule has 0 nitrogen and oxygen atoms in total. The van der Waals surface area contributed by atoms with E-state index < -0.39 is 0 Å². The molecule has 23 heavy (non-hydrogen) atoms. The van der Waals surface area contributed by atoms with E-state index in [1.807, 2.05) is 30.3 Å². The quantitative estimate of drug-likeness (QED) is 0.510. The molecule has 0 atom stereocenters. The summed E-state index contributed by atoms with van der Waals surface area (Å²) in [7, 11) is 0. The number of hydrogen-bond acceptors (Lipinski definition) is 0. The van der Waals surface area contributed by atoms with E-state index in [-0.39, 0.29) is 15.0 Å². The zero-order valence-corrected chi connectivity index (χ0v) is 15.5. The van der Waals surface area contributed by atoms with Crippen molar-refractivity contribution >= 4 is 48.2 Å². The molecule has 0 fully saturated rings. The summed E-state index contributed by atoms with van der Waals surface area (Å²) in [5.74, 6) is 0. The van der Waals surface area contributed by atoms with Crippen LogP contribution in [0.3, 0.4) is 0 Å². The summed E-state index contributed by atoms with van der Waals surface area (Å²) in [6, 6.07) is 26.5. The normalized spacial score (nSPS) is 10.3. The predicted molar refractivity (Wildman–Crippen MR) is 102 cm³/mol. The van der Waals surface area contributed by atoms with Gasteiger partial charge in [-0.25, -0.2) is 0 Å². The van der Waals surface area contributed by atoms with Crippen LogP contribution in [0.15, 0.2) is 83.8 Å². The van der Waals surface area contributed by atoms with E-state index in [0.717, 1.165) is 21.2 Å². The second kappa shape index (κ2) is 7.86. The second-order valence-corrected chi connectivity index (χ2v) is 7.83. The Hall–Kier alpha value is -1.50. The van der Waals surface area contributed by atoms with Crippen LogP contribution in [-0.2, 0) is 0 Å². The average Bonchev–Trinajstić information content (AvgIpc) is 2.59. The first-order chi connectivity index (χ1) is 11.2. The van der Waals surface area contributed by atoms with Crippen LogP contribution in [0.25, 0.3) is 5.57 Å². The van der Waals surface area contributed by atoms with Gasteiger partial charge in [-0.2, -0.15) is 0 Å². The molecule has 0 aromatic heterocycles. The summed E-state index contributed by atoms with van der Waals surface area (Å²) in [6.45, 7) is 0. The Bertz CT molecular complexity index is 744. The van der Waals surface area contributed by atoms with Crippen LogP contribution in [-0.4, -0.2) is 15.0 Å². The van der Waals surface area contributed by atoms with Gasteiger partial charge in [-0.15, -0.1) is 0 Å². The topological polar surface area (TPSA) is 0 Å². The maximum absolute atomic E-state index is 6.02. The first kappa shape index (κ1) is 16.4. The van der Waals surface area contributed by atoms with E-state index in [2.05, 4.69) is 53.5 Å². The Balaban J connectivity index is 1.99. The van der Waals surface area contributed by atoms with Crippen molar-refractivity contribution in [2.45, 2.75) is 0 Å². The van der Waals surface area contributed by atoms with Crippen molar-refractivity contribution < 1.29 is 0 Å². The summed E-state index contributed by atoms with van der Waals surface area (Å²) in [5.41, 5.74) is 3.53. The first-order valence-electron chi connectivity index (χ1n) is 7.16. The van der Waals surface area contributed by atoms with Gasteiger partial charge in [0, 0.05) is 0 Å². The number of halogens is 2. The van der Waals surface area contributed by atoms with Gasteiger partial charge in [-0.3, -0.25) is 0 Å². The molecule has 3 aromatic rings. The van der Waals surface area contributed by atoms with Crippen molar-refractivity contribution in [3.05, 3.63) is 105 Å². The Morgan fingerprint density at radius 2 is 1.13 bits per heavy atom. The molecule has 0 spiro atoms. The third kappa shape index (κ3) is 4.50. The molecule has 3 aromatic carbocycles. The van der Waals surface area contributed by atoms with Gasteiger partial charge in [0.25, 0.3) is 0 Å².